The fourth-order valence-electron chi connectivity index (χ4n) is 3.65. The third kappa shape index (κ3) is 5.28. The molecule has 0 aliphatic carbocycles. The van der Waals surface area contributed by atoms with Gasteiger partial charge in [0.2, 0.25) is 11.8 Å². The highest BCUT2D eigenvalue weighted by atomic mass is 32.2. The zero-order valence-corrected chi connectivity index (χ0v) is 19.5. The first kappa shape index (κ1) is 23.1. The molecule has 1 unspecified atom stereocenters. The summed E-state index contributed by atoms with van der Waals surface area (Å²) in [4.78, 5) is 58.0. The fourth-order valence-corrected chi connectivity index (χ4v) is 4.97. The molecule has 2 aliphatic rings. The average Bonchev–Trinajstić information content (AvgIpc) is 3.34. The van der Waals surface area contributed by atoms with Crippen LogP contribution in [-0.4, -0.2) is 58.7 Å². The second-order valence-corrected chi connectivity index (χ2v) is 9.39. The maximum absolute atomic E-state index is 12.6. The van der Waals surface area contributed by atoms with Gasteiger partial charge in [0.05, 0.1) is 10.8 Å². The third-order valence-corrected chi connectivity index (χ3v) is 6.98. The van der Waals surface area contributed by atoms with Crippen molar-refractivity contribution in [2.45, 2.75) is 11.3 Å². The van der Waals surface area contributed by atoms with Gasteiger partial charge in [-0.3, -0.25) is 29.1 Å². The van der Waals surface area contributed by atoms with Crippen molar-refractivity contribution in [1.82, 2.24) is 15.2 Å². The van der Waals surface area contributed by atoms with E-state index in [1.165, 1.54) is 0 Å². The minimum Gasteiger partial charge on any atom is -0.354 e. The van der Waals surface area contributed by atoms with Crippen molar-refractivity contribution < 1.29 is 19.2 Å². The molecule has 2 aromatic rings. The number of pyridine rings is 1. The van der Waals surface area contributed by atoms with E-state index in [0.29, 0.717) is 11.4 Å². The van der Waals surface area contributed by atoms with Crippen LogP contribution in [0.15, 0.2) is 58.6 Å². The Kier molecular flexibility index (Phi) is 7.14. The molecule has 3 heterocycles. The Bertz CT molecular complexity index is 1120. The third-order valence-electron chi connectivity index (χ3n) is 5.35. The second kappa shape index (κ2) is 10.2. The van der Waals surface area contributed by atoms with Gasteiger partial charge in [-0.1, -0.05) is 12.1 Å². The van der Waals surface area contributed by atoms with E-state index in [9.17, 15) is 19.2 Å². The normalized spacial score (nSPS) is 19.6. The van der Waals surface area contributed by atoms with Crippen molar-refractivity contribution in [3.8, 4) is 0 Å². The lowest BCUT2D eigenvalue weighted by molar-refractivity contribution is -0.127. The number of hydrogen-bond donors (Lipinski definition) is 1. The van der Waals surface area contributed by atoms with E-state index < -0.39 is 5.92 Å². The Morgan fingerprint density at radius 2 is 2.12 bits per heavy atom. The van der Waals surface area contributed by atoms with E-state index >= 15 is 0 Å². The number of hydrogen-bond acceptors (Lipinski definition) is 7. The zero-order valence-electron chi connectivity index (χ0n) is 17.9. The number of imide groups is 1. The molecule has 0 radical (unpaired) electrons. The van der Waals surface area contributed by atoms with Gasteiger partial charge in [0.25, 0.3) is 11.1 Å². The summed E-state index contributed by atoms with van der Waals surface area (Å²) in [7, 11) is 0. The number of thioether (sulfide) groups is 2. The van der Waals surface area contributed by atoms with Gasteiger partial charge in [-0.15, -0.1) is 11.8 Å². The molecule has 0 spiro atoms. The van der Waals surface area contributed by atoms with E-state index in [1.54, 1.807) is 47.3 Å². The van der Waals surface area contributed by atoms with Crippen molar-refractivity contribution in [1.29, 1.82) is 0 Å². The Hall–Kier alpha value is -3.11. The number of aromatic nitrogens is 1. The van der Waals surface area contributed by atoms with Gasteiger partial charge in [-0.2, -0.15) is 0 Å². The van der Waals surface area contributed by atoms with Crippen molar-refractivity contribution in [2.24, 2.45) is 5.92 Å². The maximum atomic E-state index is 12.6. The van der Waals surface area contributed by atoms with Crippen LogP contribution in [0.2, 0.25) is 0 Å². The molecule has 4 rings (SSSR count). The summed E-state index contributed by atoms with van der Waals surface area (Å²) in [6.45, 7) is 0.503. The van der Waals surface area contributed by atoms with Crippen molar-refractivity contribution in [3.05, 3.63) is 59.3 Å². The second-order valence-electron chi connectivity index (χ2n) is 7.52. The number of carbonyl (C=O) groups is 4. The molecule has 2 saturated heterocycles. The summed E-state index contributed by atoms with van der Waals surface area (Å²) < 4.78 is 0. The number of nitrogens with zero attached hydrogens (tertiary/aromatic N) is 3. The predicted octanol–water partition coefficient (Wildman–Crippen LogP) is 3.01. The van der Waals surface area contributed by atoms with Gasteiger partial charge in [0, 0.05) is 49.0 Å². The molecular formula is C23H22N4O4S2. The molecule has 0 saturated carbocycles. The molecule has 4 amide bonds. The number of amides is 4. The first-order chi connectivity index (χ1) is 16.0. The Morgan fingerprint density at radius 1 is 1.27 bits per heavy atom. The lowest BCUT2D eigenvalue weighted by Gasteiger charge is -2.18. The van der Waals surface area contributed by atoms with E-state index in [0.717, 1.165) is 32.8 Å². The SMILES string of the molecule is CSc1cccc(N2CC(C(=O)NCCN3C(=O)S/C(=C/c4cccnc4)C3=O)CC2=O)c1. The van der Waals surface area contributed by atoms with Gasteiger partial charge in [-0.25, -0.2) is 0 Å². The topological polar surface area (TPSA) is 99.7 Å². The molecular weight excluding hydrogens is 460 g/mol. The maximum Gasteiger partial charge on any atom is 0.293 e. The monoisotopic (exact) mass is 482 g/mol. The van der Waals surface area contributed by atoms with Crippen LogP contribution in [0.25, 0.3) is 6.08 Å². The minimum atomic E-state index is -0.476. The van der Waals surface area contributed by atoms with Crippen LogP contribution in [0.5, 0.6) is 0 Å². The standard InChI is InChI=1S/C23H22N4O4S2/c1-32-18-6-2-5-17(12-18)27-14-16(11-20(27)28)21(29)25-8-9-26-22(30)19(33-23(26)31)10-15-4-3-7-24-13-15/h2-7,10,12-13,16H,8-9,11,14H2,1H3,(H,25,29)/b19-10+. The summed E-state index contributed by atoms with van der Waals surface area (Å²) in [5.74, 6) is -1.22. The van der Waals surface area contributed by atoms with E-state index in [4.69, 9.17) is 0 Å². The first-order valence-corrected chi connectivity index (χ1v) is 12.4. The van der Waals surface area contributed by atoms with Crippen molar-refractivity contribution in [3.63, 3.8) is 0 Å². The molecule has 1 aromatic heterocycles. The van der Waals surface area contributed by atoms with Crippen LogP contribution >= 0.6 is 23.5 Å². The largest absolute Gasteiger partial charge is 0.354 e. The summed E-state index contributed by atoms with van der Waals surface area (Å²) in [6.07, 6.45) is 6.96. The van der Waals surface area contributed by atoms with Gasteiger partial charge in [-0.05, 0) is 53.9 Å². The number of rotatable bonds is 7. The average molecular weight is 483 g/mol. The lowest BCUT2D eigenvalue weighted by atomic mass is 10.1. The Morgan fingerprint density at radius 3 is 2.88 bits per heavy atom. The van der Waals surface area contributed by atoms with Gasteiger partial charge < -0.3 is 10.2 Å². The van der Waals surface area contributed by atoms with Crippen LogP contribution < -0.4 is 10.2 Å². The molecule has 1 aromatic carbocycles. The number of carbonyl (C=O) groups excluding carboxylic acids is 4. The zero-order chi connectivity index (χ0) is 23.4. The quantitative estimate of drug-likeness (QED) is 0.478. The molecule has 2 aliphatic heterocycles. The Labute approximate surface area is 199 Å². The van der Waals surface area contributed by atoms with Gasteiger partial charge in [0.15, 0.2) is 0 Å². The van der Waals surface area contributed by atoms with Crippen LogP contribution in [-0.2, 0) is 14.4 Å². The first-order valence-electron chi connectivity index (χ1n) is 10.3. The predicted molar refractivity (Wildman–Crippen MR) is 129 cm³/mol. The molecule has 170 valence electrons. The number of benzene rings is 1. The summed E-state index contributed by atoms with van der Waals surface area (Å²) in [5.41, 5.74) is 1.51. The fraction of sp³-hybridized carbons (Fsp3) is 0.261. The number of nitrogens with one attached hydrogen (secondary N) is 1. The van der Waals surface area contributed by atoms with Crippen LogP contribution in [0.4, 0.5) is 10.5 Å². The minimum absolute atomic E-state index is 0.0704. The van der Waals surface area contributed by atoms with Gasteiger partial charge >= 0.3 is 0 Å². The van der Waals surface area contributed by atoms with Gasteiger partial charge in [0.1, 0.15) is 0 Å². The lowest BCUT2D eigenvalue weighted by Crippen LogP contribution is -2.40. The molecule has 8 nitrogen and oxygen atoms in total. The summed E-state index contributed by atoms with van der Waals surface area (Å²) in [5, 5.41) is 2.39. The van der Waals surface area contributed by atoms with Crippen molar-refractivity contribution >= 4 is 58.2 Å². The Balaban J connectivity index is 1.30. The van der Waals surface area contributed by atoms with Crippen LogP contribution in [0, 0.1) is 5.92 Å². The smallest absolute Gasteiger partial charge is 0.293 e. The molecule has 2 fully saturated rings. The molecule has 10 heteroatoms. The highest BCUT2D eigenvalue weighted by Crippen LogP contribution is 2.32. The van der Waals surface area contributed by atoms with E-state index in [1.807, 2.05) is 30.5 Å². The van der Waals surface area contributed by atoms with Crippen LogP contribution in [0.3, 0.4) is 0 Å². The molecule has 1 N–H and O–H groups in total. The summed E-state index contributed by atoms with van der Waals surface area (Å²) >= 11 is 2.46. The van der Waals surface area contributed by atoms with E-state index in [-0.39, 0.29) is 42.5 Å². The van der Waals surface area contributed by atoms with E-state index in [2.05, 4.69) is 10.3 Å². The highest BCUT2D eigenvalue weighted by molar-refractivity contribution is 8.18. The summed E-state index contributed by atoms with van der Waals surface area (Å²) in [6, 6.07) is 11.2. The van der Waals surface area contributed by atoms with Crippen molar-refractivity contribution in [2.75, 3.05) is 30.8 Å². The highest BCUT2D eigenvalue weighted by Gasteiger charge is 2.37. The number of anilines is 1. The molecule has 0 bridgehead atoms. The molecule has 1 atom stereocenters. The molecule has 33 heavy (non-hydrogen) atoms. The van der Waals surface area contributed by atoms with Crippen LogP contribution in [0.1, 0.15) is 12.0 Å².